The molecule has 0 heterocycles. The van der Waals surface area contributed by atoms with E-state index in [2.05, 4.69) is 0 Å². The molecule has 0 aromatic carbocycles. The number of hydrogen-bond donors (Lipinski definition) is 0. The normalized spacial score (nSPS) is 22.8. The van der Waals surface area contributed by atoms with Crippen LogP contribution in [-0.4, -0.2) is 13.0 Å². The molecule has 0 aromatic rings. The van der Waals surface area contributed by atoms with Crippen molar-refractivity contribution in [2.24, 2.45) is 11.3 Å². The molecule has 1 fully saturated rings. The van der Waals surface area contributed by atoms with Gasteiger partial charge in [0.25, 0.3) is 0 Å². The minimum absolute atomic E-state index is 0.538. The van der Waals surface area contributed by atoms with E-state index in [1.807, 2.05) is 0 Å². The molecule has 54 valence electrons. The van der Waals surface area contributed by atoms with Gasteiger partial charge in [0.05, 0.1) is 12.7 Å². The smallest absolute Gasteiger partial charge is 0.137 e. The van der Waals surface area contributed by atoms with Gasteiger partial charge in [-0.05, 0) is 12.8 Å². The highest BCUT2D eigenvalue weighted by atomic mass is 19.1. The Kier molecular flexibility index (Phi) is 1.71. The van der Waals surface area contributed by atoms with Crippen LogP contribution in [0.4, 0.5) is 4.39 Å². The molecule has 2 nitrogen and oxygen atoms in total. The van der Waals surface area contributed by atoms with E-state index in [0.717, 1.165) is 0 Å². The van der Waals surface area contributed by atoms with E-state index >= 15 is 0 Å². The highest BCUT2D eigenvalue weighted by Gasteiger charge is 2.49. The van der Waals surface area contributed by atoms with Crippen molar-refractivity contribution < 1.29 is 9.18 Å². The average molecular weight is 141 g/mol. The molecule has 1 atom stereocenters. The van der Waals surface area contributed by atoms with Gasteiger partial charge in [-0.15, -0.1) is 0 Å². The Hall–Kier alpha value is -0.910. The summed E-state index contributed by atoms with van der Waals surface area (Å²) in [5, 5.41) is 8.38. The molecule has 0 aromatic heterocycles. The van der Waals surface area contributed by atoms with Crippen molar-refractivity contribution in [1.29, 1.82) is 5.26 Å². The fraction of sp³-hybridized carbons (Fsp3) is 0.714. The van der Waals surface area contributed by atoms with Crippen LogP contribution in [0.15, 0.2) is 0 Å². The van der Waals surface area contributed by atoms with Gasteiger partial charge in [-0.25, -0.2) is 0 Å². The van der Waals surface area contributed by atoms with Gasteiger partial charge in [-0.2, -0.15) is 5.26 Å². The predicted octanol–water partition coefficient (Wildman–Crippen LogP) is 1.07. The van der Waals surface area contributed by atoms with E-state index in [0.29, 0.717) is 19.1 Å². The monoisotopic (exact) mass is 141 g/mol. The van der Waals surface area contributed by atoms with E-state index < -0.39 is 18.0 Å². The van der Waals surface area contributed by atoms with Crippen LogP contribution >= 0.6 is 0 Å². The van der Waals surface area contributed by atoms with Crippen molar-refractivity contribution in [1.82, 2.24) is 0 Å². The minimum atomic E-state index is -0.725. The summed E-state index contributed by atoms with van der Waals surface area (Å²) >= 11 is 0. The summed E-state index contributed by atoms with van der Waals surface area (Å²) in [4.78, 5) is 10.2. The van der Waals surface area contributed by atoms with Crippen molar-refractivity contribution in [3.05, 3.63) is 0 Å². The molecule has 0 amide bonds. The summed E-state index contributed by atoms with van der Waals surface area (Å²) in [7, 11) is 0. The Balaban J connectivity index is 2.62. The van der Waals surface area contributed by atoms with Gasteiger partial charge in [-0.3, -0.25) is 4.39 Å². The van der Waals surface area contributed by atoms with Crippen LogP contribution < -0.4 is 0 Å². The van der Waals surface area contributed by atoms with E-state index in [1.165, 1.54) is 0 Å². The van der Waals surface area contributed by atoms with Crippen molar-refractivity contribution in [3.8, 4) is 6.07 Å². The molecular formula is C7H8FNO. The molecule has 10 heavy (non-hydrogen) atoms. The minimum Gasteiger partial charge on any atom is -0.302 e. The highest BCUT2D eigenvalue weighted by molar-refractivity contribution is 5.60. The van der Waals surface area contributed by atoms with Crippen LogP contribution in [0.25, 0.3) is 0 Å². The Morgan fingerprint density at radius 2 is 2.40 bits per heavy atom. The van der Waals surface area contributed by atoms with Gasteiger partial charge in [-0.1, -0.05) is 0 Å². The number of halogens is 1. The fourth-order valence-electron chi connectivity index (χ4n) is 1.00. The number of carbonyl (C=O) groups excluding carboxylic acids is 1. The Labute approximate surface area is 58.6 Å². The lowest BCUT2D eigenvalue weighted by atomic mass is 9.93. The largest absolute Gasteiger partial charge is 0.302 e. The molecule has 1 aliphatic rings. The maximum atomic E-state index is 12.1. The maximum absolute atomic E-state index is 12.1. The van der Waals surface area contributed by atoms with Crippen LogP contribution in [0.1, 0.15) is 12.8 Å². The molecule has 3 heteroatoms. The molecule has 1 saturated carbocycles. The maximum Gasteiger partial charge on any atom is 0.137 e. The van der Waals surface area contributed by atoms with E-state index in [4.69, 9.17) is 5.26 Å². The van der Waals surface area contributed by atoms with Crippen molar-refractivity contribution in [2.75, 3.05) is 6.67 Å². The van der Waals surface area contributed by atoms with Crippen molar-refractivity contribution in [2.45, 2.75) is 12.8 Å². The SMILES string of the molecule is N#CC(C=O)C1(CF)CC1. The third-order valence-corrected chi connectivity index (χ3v) is 2.09. The first kappa shape index (κ1) is 7.20. The predicted molar refractivity (Wildman–Crippen MR) is 32.8 cm³/mol. The van der Waals surface area contributed by atoms with Gasteiger partial charge in [0.15, 0.2) is 0 Å². The number of nitriles is 1. The summed E-state index contributed by atoms with van der Waals surface area (Å²) in [6, 6.07) is 1.80. The average Bonchev–Trinajstić information content (AvgIpc) is 2.72. The van der Waals surface area contributed by atoms with Crippen LogP contribution in [0.3, 0.4) is 0 Å². The first-order valence-electron chi connectivity index (χ1n) is 3.20. The zero-order chi connectivity index (χ0) is 7.61. The number of alkyl halides is 1. The van der Waals surface area contributed by atoms with Crippen LogP contribution in [0.2, 0.25) is 0 Å². The highest BCUT2D eigenvalue weighted by Crippen LogP contribution is 2.51. The first-order valence-corrected chi connectivity index (χ1v) is 3.20. The zero-order valence-electron chi connectivity index (χ0n) is 5.51. The Bertz CT molecular complexity index is 181. The summed E-state index contributed by atoms with van der Waals surface area (Å²) < 4.78 is 12.1. The molecule has 1 unspecified atom stereocenters. The standard InChI is InChI=1S/C7H8FNO/c8-5-7(1-2-7)6(3-9)4-10/h4,6H,1-2,5H2. The number of nitrogens with zero attached hydrogens (tertiary/aromatic N) is 1. The molecule has 1 rings (SSSR count). The second kappa shape index (κ2) is 2.37. The second-order valence-electron chi connectivity index (χ2n) is 2.74. The molecule has 0 spiro atoms. The molecular weight excluding hydrogens is 133 g/mol. The van der Waals surface area contributed by atoms with Crippen LogP contribution in [0.5, 0.6) is 0 Å². The van der Waals surface area contributed by atoms with Gasteiger partial charge >= 0.3 is 0 Å². The Morgan fingerprint density at radius 1 is 1.80 bits per heavy atom. The zero-order valence-corrected chi connectivity index (χ0v) is 5.51. The molecule has 0 saturated heterocycles. The third kappa shape index (κ3) is 0.900. The number of rotatable bonds is 3. The Morgan fingerprint density at radius 3 is 2.50 bits per heavy atom. The van der Waals surface area contributed by atoms with Crippen LogP contribution in [0, 0.1) is 22.7 Å². The van der Waals surface area contributed by atoms with Gasteiger partial charge < -0.3 is 4.79 Å². The lowest BCUT2D eigenvalue weighted by Gasteiger charge is -2.09. The summed E-state index contributed by atoms with van der Waals surface area (Å²) in [6.07, 6.45) is 1.91. The first-order chi connectivity index (χ1) is 4.79. The summed E-state index contributed by atoms with van der Waals surface area (Å²) in [6.45, 7) is -0.538. The fourth-order valence-corrected chi connectivity index (χ4v) is 1.00. The molecule has 0 aliphatic heterocycles. The van der Waals surface area contributed by atoms with E-state index in [9.17, 15) is 9.18 Å². The molecule has 0 N–H and O–H groups in total. The van der Waals surface area contributed by atoms with Gasteiger partial charge in [0.2, 0.25) is 0 Å². The molecule has 1 aliphatic carbocycles. The van der Waals surface area contributed by atoms with Gasteiger partial charge in [0.1, 0.15) is 12.2 Å². The number of carbonyl (C=O) groups is 1. The lowest BCUT2D eigenvalue weighted by molar-refractivity contribution is -0.111. The molecule has 0 bridgehead atoms. The summed E-state index contributed by atoms with van der Waals surface area (Å²) in [5.74, 6) is -0.725. The van der Waals surface area contributed by atoms with Gasteiger partial charge in [0, 0.05) is 5.41 Å². The second-order valence-corrected chi connectivity index (χ2v) is 2.74. The van der Waals surface area contributed by atoms with Crippen molar-refractivity contribution >= 4 is 6.29 Å². The third-order valence-electron chi connectivity index (χ3n) is 2.09. The topological polar surface area (TPSA) is 40.9 Å². The van der Waals surface area contributed by atoms with E-state index in [-0.39, 0.29) is 0 Å². The number of hydrogen-bond acceptors (Lipinski definition) is 2. The van der Waals surface area contributed by atoms with Crippen LogP contribution in [-0.2, 0) is 4.79 Å². The van der Waals surface area contributed by atoms with Crippen molar-refractivity contribution in [3.63, 3.8) is 0 Å². The summed E-state index contributed by atoms with van der Waals surface area (Å²) in [5.41, 5.74) is -0.587. The lowest BCUT2D eigenvalue weighted by Crippen LogP contribution is -2.17. The van der Waals surface area contributed by atoms with E-state index in [1.54, 1.807) is 6.07 Å². The number of aldehydes is 1. The molecule has 0 radical (unpaired) electrons. The quantitative estimate of drug-likeness (QED) is 0.551.